The molecule has 1 heterocycles. The Kier molecular flexibility index (Phi) is 5.25. The minimum Gasteiger partial charge on any atom is -0.302 e. The van der Waals surface area contributed by atoms with Crippen LogP contribution in [0.15, 0.2) is 60.7 Å². The molecule has 116 valence electrons. The molecule has 0 amide bonds. The highest BCUT2D eigenvalue weighted by molar-refractivity contribution is 5.17. The van der Waals surface area contributed by atoms with Crippen LogP contribution in [0.2, 0.25) is 0 Å². The first kappa shape index (κ1) is 15.3. The molecule has 1 aliphatic heterocycles. The first-order valence-electron chi connectivity index (χ1n) is 8.32. The van der Waals surface area contributed by atoms with E-state index in [1.165, 1.54) is 30.5 Å². The molecule has 0 radical (unpaired) electrons. The first-order chi connectivity index (χ1) is 10.8. The summed E-state index contributed by atoms with van der Waals surface area (Å²) < 4.78 is 0. The Morgan fingerprint density at radius 3 is 1.91 bits per heavy atom. The largest absolute Gasteiger partial charge is 0.302 e. The second kappa shape index (κ2) is 7.57. The molecule has 1 aliphatic rings. The molecule has 1 atom stereocenters. The minimum absolute atomic E-state index is 0.701. The maximum absolute atomic E-state index is 2.59. The van der Waals surface area contributed by atoms with Gasteiger partial charge >= 0.3 is 0 Å². The third-order valence-electron chi connectivity index (χ3n) is 4.64. The molecule has 0 N–H and O–H groups in total. The number of likely N-dealkylation sites (N-methyl/N-ethyl adjacent to an activating group) is 1. The maximum Gasteiger partial charge on any atom is 0.0237 e. The summed E-state index contributed by atoms with van der Waals surface area (Å²) in [4.78, 5) is 5.11. The zero-order chi connectivity index (χ0) is 15.2. The fourth-order valence-corrected chi connectivity index (χ4v) is 3.38. The normalized spacial score (nSPS) is 18.9. The van der Waals surface area contributed by atoms with E-state index < -0.39 is 0 Å². The molecular weight excluding hydrogens is 268 g/mol. The van der Waals surface area contributed by atoms with E-state index in [0.29, 0.717) is 6.04 Å². The van der Waals surface area contributed by atoms with Gasteiger partial charge in [-0.05, 0) is 37.6 Å². The van der Waals surface area contributed by atoms with Crippen LogP contribution in [-0.4, -0.2) is 36.0 Å². The number of rotatable bonds is 6. The van der Waals surface area contributed by atoms with Crippen LogP contribution in [0.25, 0.3) is 0 Å². The average Bonchev–Trinajstić information content (AvgIpc) is 2.94. The van der Waals surface area contributed by atoms with E-state index in [1.54, 1.807) is 0 Å². The Labute approximate surface area is 134 Å². The lowest BCUT2D eigenvalue weighted by molar-refractivity contribution is 0.180. The van der Waals surface area contributed by atoms with Crippen molar-refractivity contribution in [3.05, 3.63) is 71.8 Å². The van der Waals surface area contributed by atoms with E-state index in [0.717, 1.165) is 19.6 Å². The van der Waals surface area contributed by atoms with Gasteiger partial charge in [0.2, 0.25) is 0 Å². The predicted molar refractivity (Wildman–Crippen MR) is 92.7 cm³/mol. The molecule has 0 saturated carbocycles. The van der Waals surface area contributed by atoms with Crippen LogP contribution in [0.1, 0.15) is 24.0 Å². The number of nitrogens with zero attached hydrogens (tertiary/aromatic N) is 2. The van der Waals surface area contributed by atoms with Gasteiger partial charge in [0.1, 0.15) is 0 Å². The summed E-state index contributed by atoms with van der Waals surface area (Å²) in [6.07, 6.45) is 2.67. The molecule has 0 unspecified atom stereocenters. The van der Waals surface area contributed by atoms with Crippen LogP contribution in [0.3, 0.4) is 0 Å². The molecule has 0 aromatic heterocycles. The maximum atomic E-state index is 2.59. The summed E-state index contributed by atoms with van der Waals surface area (Å²) >= 11 is 0. The fraction of sp³-hybridized carbons (Fsp3) is 0.400. The summed E-state index contributed by atoms with van der Waals surface area (Å²) in [5.41, 5.74) is 2.80. The second-order valence-corrected chi connectivity index (χ2v) is 6.42. The Balaban J connectivity index is 1.69. The number of hydrogen-bond acceptors (Lipinski definition) is 2. The average molecular weight is 294 g/mol. The quantitative estimate of drug-likeness (QED) is 0.800. The van der Waals surface area contributed by atoms with Crippen molar-refractivity contribution < 1.29 is 0 Å². The van der Waals surface area contributed by atoms with Gasteiger partial charge in [-0.15, -0.1) is 0 Å². The summed E-state index contributed by atoms with van der Waals surface area (Å²) in [7, 11) is 2.26. The summed E-state index contributed by atoms with van der Waals surface area (Å²) in [5.74, 6) is 0. The SMILES string of the molecule is CN1CCC[C@H]1CN(Cc1ccccc1)Cc1ccccc1. The van der Waals surface area contributed by atoms with E-state index >= 15 is 0 Å². The molecular formula is C20H26N2. The van der Waals surface area contributed by atoms with E-state index in [-0.39, 0.29) is 0 Å². The first-order valence-corrected chi connectivity index (χ1v) is 8.32. The third kappa shape index (κ3) is 4.19. The predicted octanol–water partition coefficient (Wildman–Crippen LogP) is 3.78. The van der Waals surface area contributed by atoms with Gasteiger partial charge in [0.15, 0.2) is 0 Å². The number of likely N-dealkylation sites (tertiary alicyclic amines) is 1. The highest BCUT2D eigenvalue weighted by Gasteiger charge is 2.23. The van der Waals surface area contributed by atoms with E-state index in [9.17, 15) is 0 Å². The van der Waals surface area contributed by atoms with Gasteiger partial charge in [-0.2, -0.15) is 0 Å². The van der Waals surface area contributed by atoms with E-state index in [1.807, 2.05) is 0 Å². The van der Waals surface area contributed by atoms with Crippen LogP contribution < -0.4 is 0 Å². The van der Waals surface area contributed by atoms with Crippen LogP contribution in [0.4, 0.5) is 0 Å². The summed E-state index contributed by atoms with van der Waals surface area (Å²) in [5, 5.41) is 0. The highest BCUT2D eigenvalue weighted by Crippen LogP contribution is 2.18. The topological polar surface area (TPSA) is 6.48 Å². The molecule has 3 rings (SSSR count). The molecule has 2 aromatic rings. The Morgan fingerprint density at radius 1 is 0.909 bits per heavy atom. The van der Waals surface area contributed by atoms with Crippen molar-refractivity contribution in [2.24, 2.45) is 0 Å². The molecule has 1 saturated heterocycles. The van der Waals surface area contributed by atoms with Gasteiger partial charge in [0.05, 0.1) is 0 Å². The van der Waals surface area contributed by atoms with Gasteiger partial charge in [-0.25, -0.2) is 0 Å². The fourth-order valence-electron chi connectivity index (χ4n) is 3.38. The lowest BCUT2D eigenvalue weighted by Gasteiger charge is -2.29. The Bertz CT molecular complexity index is 511. The lowest BCUT2D eigenvalue weighted by atomic mass is 10.1. The van der Waals surface area contributed by atoms with Gasteiger partial charge in [-0.1, -0.05) is 60.7 Å². The number of hydrogen-bond donors (Lipinski definition) is 0. The minimum atomic E-state index is 0.701. The summed E-state index contributed by atoms with van der Waals surface area (Å²) in [6, 6.07) is 22.4. The van der Waals surface area contributed by atoms with Crippen molar-refractivity contribution >= 4 is 0 Å². The Hall–Kier alpha value is -1.64. The van der Waals surface area contributed by atoms with Crippen LogP contribution in [0, 0.1) is 0 Å². The summed E-state index contributed by atoms with van der Waals surface area (Å²) in [6.45, 7) is 4.45. The van der Waals surface area contributed by atoms with Gasteiger partial charge in [-0.3, -0.25) is 4.90 Å². The van der Waals surface area contributed by atoms with Crippen molar-refractivity contribution in [3.63, 3.8) is 0 Å². The molecule has 1 fully saturated rings. The zero-order valence-electron chi connectivity index (χ0n) is 13.5. The highest BCUT2D eigenvalue weighted by atomic mass is 15.2. The molecule has 22 heavy (non-hydrogen) atoms. The van der Waals surface area contributed by atoms with Gasteiger partial charge in [0.25, 0.3) is 0 Å². The van der Waals surface area contributed by atoms with Gasteiger partial charge in [0, 0.05) is 25.7 Å². The number of benzene rings is 2. The van der Waals surface area contributed by atoms with Crippen LogP contribution in [-0.2, 0) is 13.1 Å². The van der Waals surface area contributed by atoms with Crippen molar-refractivity contribution in [2.75, 3.05) is 20.1 Å². The smallest absolute Gasteiger partial charge is 0.0237 e. The van der Waals surface area contributed by atoms with Crippen molar-refractivity contribution in [1.29, 1.82) is 0 Å². The second-order valence-electron chi connectivity index (χ2n) is 6.42. The lowest BCUT2D eigenvalue weighted by Crippen LogP contribution is -2.38. The van der Waals surface area contributed by atoms with Crippen LogP contribution in [0.5, 0.6) is 0 Å². The zero-order valence-corrected chi connectivity index (χ0v) is 13.5. The molecule has 0 spiro atoms. The monoisotopic (exact) mass is 294 g/mol. The van der Waals surface area contributed by atoms with Gasteiger partial charge < -0.3 is 4.90 Å². The molecule has 0 bridgehead atoms. The molecule has 0 aliphatic carbocycles. The molecule has 2 heteroatoms. The van der Waals surface area contributed by atoms with Crippen molar-refractivity contribution in [1.82, 2.24) is 9.80 Å². The van der Waals surface area contributed by atoms with Crippen molar-refractivity contribution in [3.8, 4) is 0 Å². The van der Waals surface area contributed by atoms with Crippen LogP contribution >= 0.6 is 0 Å². The van der Waals surface area contributed by atoms with Crippen molar-refractivity contribution in [2.45, 2.75) is 32.0 Å². The standard InChI is InChI=1S/C20H26N2/c1-21-14-8-13-20(21)17-22(15-18-9-4-2-5-10-18)16-19-11-6-3-7-12-19/h2-7,9-12,20H,8,13-17H2,1H3/t20-/m0/s1. The van der Waals surface area contributed by atoms with E-state index in [4.69, 9.17) is 0 Å². The van der Waals surface area contributed by atoms with E-state index in [2.05, 4.69) is 77.5 Å². The third-order valence-corrected chi connectivity index (χ3v) is 4.64. The molecule has 2 aromatic carbocycles. The molecule has 2 nitrogen and oxygen atoms in total. The Morgan fingerprint density at radius 2 is 1.45 bits per heavy atom.